The minimum atomic E-state index is -2.51. The molecule has 0 aromatic heterocycles. The third-order valence-electron chi connectivity index (χ3n) is 12.2. The van der Waals surface area contributed by atoms with Gasteiger partial charge < -0.3 is 33.7 Å². The molecule has 5 rings (SSSR count). The molecule has 0 spiro atoms. The largest absolute Gasteiger partial charge is 0.514 e. The Balaban J connectivity index is 1.32. The highest BCUT2D eigenvalue weighted by Crippen LogP contribution is 2.71. The van der Waals surface area contributed by atoms with Gasteiger partial charge in [-0.1, -0.05) is 19.9 Å². The number of carbonyl (C=O) groups is 5. The molecule has 18 nitrogen and oxygen atoms in total. The maximum absolute atomic E-state index is 17.8. The van der Waals surface area contributed by atoms with Crippen molar-refractivity contribution in [1.82, 2.24) is 0 Å². The summed E-state index contributed by atoms with van der Waals surface area (Å²) in [6.45, 7) is 2.83. The van der Waals surface area contributed by atoms with Gasteiger partial charge in [-0.25, -0.2) is 18.4 Å². The fourth-order valence-corrected chi connectivity index (χ4v) is 9.59. The smallest absolute Gasteiger partial charge is 0.462 e. The normalized spacial score (nSPS) is 32.0. The van der Waals surface area contributed by atoms with Gasteiger partial charge in [-0.05, 0) is 93.4 Å². The molecule has 0 saturated heterocycles. The number of hydrogen-bond acceptors (Lipinski definition) is 16. The molecule has 0 heterocycles. The number of nitrogens with zero attached hydrogens (tertiary/aromatic N) is 2. The Kier molecular flexibility index (Phi) is 12.9. The minimum Gasteiger partial charge on any atom is -0.462 e. The van der Waals surface area contributed by atoms with Crippen LogP contribution in [0.5, 0.6) is 5.75 Å². The topological polar surface area (TPSA) is 247 Å². The van der Waals surface area contributed by atoms with Crippen molar-refractivity contribution in [3.8, 4) is 5.75 Å². The minimum absolute atomic E-state index is 0.0166. The third kappa shape index (κ3) is 8.10. The lowest BCUT2D eigenvalue weighted by molar-refractivity contribution is -0.757. The number of carbonyl (C=O) groups excluding carboxylic acids is 5. The van der Waals surface area contributed by atoms with Crippen molar-refractivity contribution in [1.29, 1.82) is 0 Å². The van der Waals surface area contributed by atoms with E-state index in [0.717, 1.165) is 12.2 Å². The molecule has 1 aromatic carbocycles. The summed E-state index contributed by atoms with van der Waals surface area (Å²) in [6, 6.07) is 5.05. The van der Waals surface area contributed by atoms with Crippen LogP contribution in [0.3, 0.4) is 0 Å². The van der Waals surface area contributed by atoms with Crippen LogP contribution in [-0.2, 0) is 38.3 Å². The standard InChI is InChI=1S/C38H44F2N2O16/c1-22-17-26-27-19-29(39)28-18-24(43)12-13-35(28,2)37(27,40)30(44)20-36(26,3)38(22,58-32(46)7-6-16-56-42(51)52)31(45)21-54-34(48)57-25-10-8-23(9-11-25)33(47)53-14-4-5-15-55-41(49)50/h8-13,18,22,26-27,29-30,44H,4-7,14-17,19-21H2,1-3H3/t22-,26?,27?,29+,30+,35+,36+,37+,38+/m1/s1. The number of rotatable bonds is 17. The van der Waals surface area contributed by atoms with E-state index in [1.807, 2.05) is 0 Å². The molecule has 4 aliphatic rings. The van der Waals surface area contributed by atoms with Crippen molar-refractivity contribution < 1.29 is 76.7 Å². The van der Waals surface area contributed by atoms with Crippen LogP contribution in [0.2, 0.25) is 0 Å². The molecule has 9 atom stereocenters. The Hall–Kier alpha value is -5.53. The quantitative estimate of drug-likeness (QED) is 0.0556. The zero-order chi connectivity index (χ0) is 42.6. The predicted molar refractivity (Wildman–Crippen MR) is 190 cm³/mol. The maximum Gasteiger partial charge on any atom is 0.514 e. The van der Waals surface area contributed by atoms with Crippen molar-refractivity contribution in [3.63, 3.8) is 0 Å². The van der Waals surface area contributed by atoms with Crippen LogP contribution in [0.25, 0.3) is 0 Å². The van der Waals surface area contributed by atoms with E-state index in [0.29, 0.717) is 6.42 Å². The first-order chi connectivity index (χ1) is 27.3. The summed E-state index contributed by atoms with van der Waals surface area (Å²) in [4.78, 5) is 94.5. The van der Waals surface area contributed by atoms with Crippen molar-refractivity contribution in [2.45, 2.75) is 89.3 Å². The summed E-state index contributed by atoms with van der Waals surface area (Å²) in [6.07, 6.45) is -2.50. The summed E-state index contributed by atoms with van der Waals surface area (Å²) >= 11 is 0. The number of ketones is 2. The van der Waals surface area contributed by atoms with Crippen molar-refractivity contribution in [2.75, 3.05) is 26.4 Å². The summed E-state index contributed by atoms with van der Waals surface area (Å²) < 4.78 is 55.2. The molecular weight excluding hydrogens is 778 g/mol. The molecule has 0 radical (unpaired) electrons. The summed E-state index contributed by atoms with van der Waals surface area (Å²) in [5, 5.41) is 30.6. The number of fused-ring (bicyclic) bond motifs is 5. The number of aliphatic hydroxyl groups is 1. The fourth-order valence-electron chi connectivity index (χ4n) is 9.59. The van der Waals surface area contributed by atoms with Crippen molar-refractivity contribution >= 4 is 29.7 Å². The Morgan fingerprint density at radius 3 is 2.22 bits per heavy atom. The van der Waals surface area contributed by atoms with Crippen LogP contribution < -0.4 is 4.74 Å². The van der Waals surface area contributed by atoms with E-state index in [2.05, 4.69) is 9.68 Å². The maximum atomic E-state index is 17.8. The molecule has 0 aliphatic heterocycles. The first kappa shape index (κ1) is 43.6. The number of alkyl halides is 2. The summed E-state index contributed by atoms with van der Waals surface area (Å²) in [5.41, 5.74) is -7.99. The zero-order valence-electron chi connectivity index (χ0n) is 31.9. The Morgan fingerprint density at radius 2 is 1.57 bits per heavy atom. The summed E-state index contributed by atoms with van der Waals surface area (Å²) in [7, 11) is 0. The van der Waals surface area contributed by atoms with E-state index < -0.39 is 124 Å². The van der Waals surface area contributed by atoms with Crippen LogP contribution >= 0.6 is 0 Å². The molecule has 316 valence electrons. The van der Waals surface area contributed by atoms with Gasteiger partial charge in [0.2, 0.25) is 5.78 Å². The molecule has 1 N–H and O–H groups in total. The van der Waals surface area contributed by atoms with E-state index in [4.69, 9.17) is 18.9 Å². The Morgan fingerprint density at radius 1 is 0.931 bits per heavy atom. The van der Waals surface area contributed by atoms with Crippen LogP contribution in [0.15, 0.2) is 48.1 Å². The van der Waals surface area contributed by atoms with Gasteiger partial charge in [0.1, 0.15) is 11.9 Å². The Bertz CT molecular complexity index is 1870. The molecule has 2 unspecified atom stereocenters. The van der Waals surface area contributed by atoms with Gasteiger partial charge in [0.25, 0.3) is 10.2 Å². The molecule has 0 bridgehead atoms. The second kappa shape index (κ2) is 17.1. The van der Waals surface area contributed by atoms with Crippen LogP contribution in [-0.4, -0.2) is 94.9 Å². The van der Waals surface area contributed by atoms with Gasteiger partial charge >= 0.3 is 18.1 Å². The van der Waals surface area contributed by atoms with E-state index in [1.54, 1.807) is 6.92 Å². The molecule has 4 aliphatic carbocycles. The van der Waals surface area contributed by atoms with Crippen molar-refractivity contribution in [2.24, 2.45) is 28.6 Å². The van der Waals surface area contributed by atoms with Crippen LogP contribution in [0, 0.1) is 48.8 Å². The monoisotopic (exact) mass is 822 g/mol. The van der Waals surface area contributed by atoms with Crippen LogP contribution in [0.1, 0.15) is 76.1 Å². The van der Waals surface area contributed by atoms with E-state index >= 15 is 8.78 Å². The van der Waals surface area contributed by atoms with Gasteiger partial charge in [0.15, 0.2) is 23.7 Å². The molecule has 20 heteroatoms. The van der Waals surface area contributed by atoms with Crippen LogP contribution in [0.4, 0.5) is 13.6 Å². The number of ether oxygens (including phenoxy) is 4. The predicted octanol–water partition coefficient (Wildman–Crippen LogP) is 4.75. The lowest BCUT2D eigenvalue weighted by Gasteiger charge is -2.63. The number of halogens is 2. The first-order valence-corrected chi connectivity index (χ1v) is 18.7. The van der Waals surface area contributed by atoms with Gasteiger partial charge in [-0.2, -0.15) is 0 Å². The number of allylic oxidation sites excluding steroid dienone is 4. The van der Waals surface area contributed by atoms with E-state index in [1.165, 1.54) is 44.2 Å². The van der Waals surface area contributed by atoms with Gasteiger partial charge in [-0.15, -0.1) is 20.2 Å². The average molecular weight is 823 g/mol. The van der Waals surface area contributed by atoms with Gasteiger partial charge in [0.05, 0.1) is 31.5 Å². The molecular formula is C38H44F2N2O16. The highest BCUT2D eigenvalue weighted by molar-refractivity contribution is 6.01. The van der Waals surface area contributed by atoms with E-state index in [-0.39, 0.29) is 49.4 Å². The second-order valence-electron chi connectivity index (χ2n) is 15.4. The lowest BCUT2D eigenvalue weighted by atomic mass is 9.44. The molecule has 3 fully saturated rings. The second-order valence-corrected chi connectivity index (χ2v) is 15.4. The number of esters is 2. The molecule has 1 aromatic rings. The Labute approximate surface area is 330 Å². The highest BCUT2D eigenvalue weighted by Gasteiger charge is 2.78. The fraction of sp³-hybridized carbons (Fsp3) is 0.605. The van der Waals surface area contributed by atoms with Crippen molar-refractivity contribution in [3.05, 3.63) is 73.9 Å². The first-order valence-electron chi connectivity index (χ1n) is 18.7. The molecule has 0 amide bonds. The number of Topliss-reactive ketones (excluding diaryl/α,β-unsaturated/α-hetero) is 1. The molecule has 3 saturated carbocycles. The number of aliphatic hydroxyl groups excluding tert-OH is 1. The van der Waals surface area contributed by atoms with Gasteiger partial charge in [0, 0.05) is 29.1 Å². The SMILES string of the molecule is C[C@@H]1CC2C3C[C@H](F)C4=CC(=O)C=C[C@]4(C)[C@@]3(F)[C@@H](O)C[C@]2(C)[C@@]1(OC(=O)CCCO[N+](=O)[O-])C(=O)COC(=O)Oc1ccc(C(=O)OCCCCO[N+](=O)[O-])cc1. The summed E-state index contributed by atoms with van der Waals surface area (Å²) in [5.74, 6) is -6.29. The zero-order valence-corrected chi connectivity index (χ0v) is 31.9. The van der Waals surface area contributed by atoms with Gasteiger partial charge in [-0.3, -0.25) is 14.4 Å². The third-order valence-corrected chi connectivity index (χ3v) is 12.2. The van der Waals surface area contributed by atoms with E-state index in [9.17, 15) is 49.3 Å². The average Bonchev–Trinajstić information content (AvgIpc) is 3.38. The number of unbranched alkanes of at least 4 members (excludes halogenated alkanes) is 1. The molecule has 58 heavy (non-hydrogen) atoms. The highest BCUT2D eigenvalue weighted by atomic mass is 19.1. The number of hydrogen-bond donors (Lipinski definition) is 1. The lowest BCUT2D eigenvalue weighted by Crippen LogP contribution is -2.71. The number of benzene rings is 1.